The Balaban J connectivity index is 1.30. The molecule has 0 bridgehead atoms. The van der Waals surface area contributed by atoms with Crippen LogP contribution in [-0.4, -0.2) is 46.2 Å². The first-order chi connectivity index (χ1) is 17.9. The van der Waals surface area contributed by atoms with Crippen LogP contribution >= 0.6 is 23.4 Å². The van der Waals surface area contributed by atoms with Crippen LogP contribution in [-0.2, 0) is 15.6 Å². The van der Waals surface area contributed by atoms with E-state index < -0.39 is 15.6 Å². The van der Waals surface area contributed by atoms with Gasteiger partial charge in [0.1, 0.15) is 4.90 Å². The molecule has 3 heterocycles. The number of benzene rings is 3. The van der Waals surface area contributed by atoms with Crippen molar-refractivity contribution in [1.29, 1.82) is 0 Å². The number of fused-ring (bicyclic) bond motifs is 2. The second kappa shape index (κ2) is 9.38. The fourth-order valence-electron chi connectivity index (χ4n) is 4.73. The minimum atomic E-state index is -3.92. The lowest BCUT2D eigenvalue weighted by molar-refractivity contribution is -0.00950. The molecule has 3 aromatic carbocycles. The Morgan fingerprint density at radius 2 is 1.62 bits per heavy atom. The Hall–Kier alpha value is -3.02. The summed E-state index contributed by atoms with van der Waals surface area (Å²) in [5, 5.41) is 20.6. The lowest BCUT2D eigenvalue weighted by Crippen LogP contribution is -2.45. The summed E-state index contributed by atoms with van der Waals surface area (Å²) in [7, 11) is -3.92. The summed E-state index contributed by atoms with van der Waals surface area (Å²) in [5.74, 6) is 0. The van der Waals surface area contributed by atoms with Crippen LogP contribution in [0.2, 0.25) is 5.02 Å². The molecule has 1 fully saturated rings. The maximum Gasteiger partial charge on any atom is 0.245 e. The second-order valence-electron chi connectivity index (χ2n) is 8.87. The number of aliphatic hydroxyl groups is 1. The predicted octanol–water partition coefficient (Wildman–Crippen LogP) is 5.25. The first-order valence-corrected chi connectivity index (χ1v) is 14.2. The number of para-hydroxylation sites is 1. The third kappa shape index (κ3) is 4.28. The average molecular weight is 553 g/mol. The predicted molar refractivity (Wildman–Crippen MR) is 141 cm³/mol. The summed E-state index contributed by atoms with van der Waals surface area (Å²) in [6.45, 7) is 0.268. The Bertz CT molecular complexity index is 1730. The third-order valence-corrected chi connectivity index (χ3v) is 10.1. The third-order valence-electron chi connectivity index (χ3n) is 6.70. The van der Waals surface area contributed by atoms with Gasteiger partial charge >= 0.3 is 0 Å². The molecule has 1 aliphatic rings. The standard InChI is InChI=1S/C26H21ClN4O4S2/c27-19-8-2-1-7-18(19)26(32)12-15-31(16-13-26)37(33,34)22-11-10-21(24-25(22)30-35-29-24)36-20-9-3-5-17-6-4-14-28-23(17)20/h1-11,14,32H,12-13,15-16H2. The van der Waals surface area contributed by atoms with E-state index in [2.05, 4.69) is 15.3 Å². The number of rotatable bonds is 5. The molecule has 8 nitrogen and oxygen atoms in total. The Kier molecular flexibility index (Phi) is 6.16. The molecule has 188 valence electrons. The first kappa shape index (κ1) is 24.3. The van der Waals surface area contributed by atoms with E-state index in [9.17, 15) is 13.5 Å². The highest BCUT2D eigenvalue weighted by Crippen LogP contribution is 2.40. The zero-order valence-corrected chi connectivity index (χ0v) is 21.8. The van der Waals surface area contributed by atoms with Crippen molar-refractivity contribution in [2.24, 2.45) is 0 Å². The molecule has 0 unspecified atom stereocenters. The molecule has 11 heteroatoms. The van der Waals surface area contributed by atoms with Gasteiger partial charge in [0.2, 0.25) is 10.0 Å². The van der Waals surface area contributed by atoms with Gasteiger partial charge in [-0.3, -0.25) is 4.98 Å². The maximum atomic E-state index is 13.7. The largest absolute Gasteiger partial charge is 0.385 e. The van der Waals surface area contributed by atoms with Gasteiger partial charge in [0.15, 0.2) is 11.0 Å². The van der Waals surface area contributed by atoms with E-state index in [0.29, 0.717) is 21.0 Å². The van der Waals surface area contributed by atoms with Crippen LogP contribution < -0.4 is 0 Å². The number of hydrogen-bond acceptors (Lipinski definition) is 8. The van der Waals surface area contributed by atoms with Gasteiger partial charge < -0.3 is 5.11 Å². The molecular formula is C26H21ClN4O4S2. The van der Waals surface area contributed by atoms with Gasteiger partial charge in [-0.05, 0) is 53.5 Å². The molecule has 1 saturated heterocycles. The maximum absolute atomic E-state index is 13.7. The minimum Gasteiger partial charge on any atom is -0.385 e. The molecule has 1 aliphatic heterocycles. The van der Waals surface area contributed by atoms with E-state index in [1.54, 1.807) is 30.5 Å². The normalized spacial score (nSPS) is 16.4. The Morgan fingerprint density at radius 1 is 0.892 bits per heavy atom. The number of aromatic nitrogens is 3. The smallest absolute Gasteiger partial charge is 0.245 e. The second-order valence-corrected chi connectivity index (χ2v) is 12.3. The highest BCUT2D eigenvalue weighted by molar-refractivity contribution is 7.99. The van der Waals surface area contributed by atoms with Gasteiger partial charge in [0, 0.05) is 45.0 Å². The molecule has 6 rings (SSSR count). The summed E-state index contributed by atoms with van der Waals surface area (Å²) in [5.41, 5.74) is 0.799. The van der Waals surface area contributed by atoms with E-state index >= 15 is 0 Å². The number of hydrogen-bond donors (Lipinski definition) is 1. The molecule has 0 radical (unpaired) electrons. The van der Waals surface area contributed by atoms with Crippen LogP contribution in [0.3, 0.4) is 0 Å². The van der Waals surface area contributed by atoms with Crippen LogP contribution in [0.15, 0.2) is 92.2 Å². The topological polar surface area (TPSA) is 109 Å². The van der Waals surface area contributed by atoms with Crippen molar-refractivity contribution < 1.29 is 18.2 Å². The van der Waals surface area contributed by atoms with Gasteiger partial charge in [-0.25, -0.2) is 13.0 Å². The van der Waals surface area contributed by atoms with E-state index in [-0.39, 0.29) is 36.3 Å². The molecule has 0 amide bonds. The molecule has 37 heavy (non-hydrogen) atoms. The van der Waals surface area contributed by atoms with Gasteiger partial charge in [0.25, 0.3) is 0 Å². The Labute approximate surface area is 222 Å². The van der Waals surface area contributed by atoms with Crippen molar-refractivity contribution in [3.63, 3.8) is 0 Å². The minimum absolute atomic E-state index is 0.0207. The fraction of sp³-hybridized carbons (Fsp3) is 0.192. The molecule has 0 atom stereocenters. The van der Waals surface area contributed by atoms with E-state index in [1.807, 2.05) is 36.4 Å². The molecular weight excluding hydrogens is 532 g/mol. The van der Waals surface area contributed by atoms with Crippen LogP contribution in [0.25, 0.3) is 21.9 Å². The zero-order chi connectivity index (χ0) is 25.6. The number of halogens is 1. The quantitative estimate of drug-likeness (QED) is 0.315. The summed E-state index contributed by atoms with van der Waals surface area (Å²) in [6.07, 6.45) is 2.18. The summed E-state index contributed by atoms with van der Waals surface area (Å²) < 4.78 is 33.7. The highest BCUT2D eigenvalue weighted by atomic mass is 35.5. The SMILES string of the molecule is O=S(=O)(c1ccc(Sc2cccc3cccnc23)c2nonc12)N1CCC(O)(c2ccccc2Cl)CC1. The molecule has 0 aliphatic carbocycles. The first-order valence-electron chi connectivity index (χ1n) is 11.6. The van der Waals surface area contributed by atoms with Crippen molar-refractivity contribution in [1.82, 2.24) is 19.6 Å². The van der Waals surface area contributed by atoms with E-state index in [4.69, 9.17) is 16.2 Å². The van der Waals surface area contributed by atoms with Crippen molar-refractivity contribution in [2.45, 2.75) is 33.1 Å². The molecule has 5 aromatic rings. The van der Waals surface area contributed by atoms with Crippen molar-refractivity contribution >= 4 is 55.3 Å². The van der Waals surface area contributed by atoms with Gasteiger partial charge in [-0.1, -0.05) is 59.8 Å². The van der Waals surface area contributed by atoms with Crippen LogP contribution in [0.5, 0.6) is 0 Å². The van der Waals surface area contributed by atoms with Crippen molar-refractivity contribution in [2.75, 3.05) is 13.1 Å². The van der Waals surface area contributed by atoms with Crippen LogP contribution in [0.4, 0.5) is 0 Å². The van der Waals surface area contributed by atoms with Crippen molar-refractivity contribution in [3.8, 4) is 0 Å². The molecule has 0 spiro atoms. The number of piperidine rings is 1. The highest BCUT2D eigenvalue weighted by Gasteiger charge is 2.40. The number of pyridine rings is 1. The molecule has 0 saturated carbocycles. The number of nitrogens with zero attached hydrogens (tertiary/aromatic N) is 4. The average Bonchev–Trinajstić information content (AvgIpc) is 3.40. The van der Waals surface area contributed by atoms with E-state index in [1.165, 1.54) is 22.1 Å². The van der Waals surface area contributed by atoms with Gasteiger partial charge in [-0.2, -0.15) is 4.31 Å². The molecule has 1 N–H and O–H groups in total. The van der Waals surface area contributed by atoms with Crippen LogP contribution in [0.1, 0.15) is 18.4 Å². The van der Waals surface area contributed by atoms with Crippen LogP contribution in [0, 0.1) is 0 Å². The lowest BCUT2D eigenvalue weighted by atomic mass is 9.85. The fourth-order valence-corrected chi connectivity index (χ4v) is 7.62. The number of sulfonamides is 1. The lowest BCUT2D eigenvalue weighted by Gasteiger charge is -2.38. The van der Waals surface area contributed by atoms with E-state index in [0.717, 1.165) is 15.8 Å². The summed E-state index contributed by atoms with van der Waals surface area (Å²) >= 11 is 7.73. The van der Waals surface area contributed by atoms with Gasteiger partial charge in [0.05, 0.1) is 11.1 Å². The Morgan fingerprint density at radius 3 is 2.43 bits per heavy atom. The molecule has 2 aromatic heterocycles. The zero-order valence-electron chi connectivity index (χ0n) is 19.4. The summed E-state index contributed by atoms with van der Waals surface area (Å²) in [6, 6.07) is 20.1. The summed E-state index contributed by atoms with van der Waals surface area (Å²) in [4.78, 5) is 6.13. The van der Waals surface area contributed by atoms with Gasteiger partial charge in [-0.15, -0.1) is 0 Å². The van der Waals surface area contributed by atoms with Crippen molar-refractivity contribution in [3.05, 3.63) is 83.5 Å². The monoisotopic (exact) mass is 552 g/mol.